The zero-order valence-corrected chi connectivity index (χ0v) is 15.6. The van der Waals surface area contributed by atoms with Crippen LogP contribution in [0, 0.1) is 0 Å². The molecule has 26 heavy (non-hydrogen) atoms. The Balaban J connectivity index is 2.24. The summed E-state index contributed by atoms with van der Waals surface area (Å²) in [5.41, 5.74) is 4.41. The molecule has 2 rings (SSSR count). The van der Waals surface area contributed by atoms with E-state index in [2.05, 4.69) is 6.58 Å². The van der Waals surface area contributed by atoms with Gasteiger partial charge in [-0.3, -0.25) is 0 Å². The van der Waals surface area contributed by atoms with E-state index < -0.39 is 6.10 Å². The molecule has 0 spiro atoms. The molecule has 138 valence electrons. The maximum absolute atomic E-state index is 11.9. The molecule has 0 aromatic heterocycles. The van der Waals surface area contributed by atoms with E-state index in [0.29, 0.717) is 18.4 Å². The van der Waals surface area contributed by atoms with Crippen molar-refractivity contribution >= 4 is 5.97 Å². The molecule has 2 aromatic rings. The van der Waals surface area contributed by atoms with Crippen molar-refractivity contribution in [2.45, 2.75) is 32.3 Å². The van der Waals surface area contributed by atoms with E-state index in [9.17, 15) is 9.90 Å². The highest BCUT2D eigenvalue weighted by atomic mass is 16.5. The van der Waals surface area contributed by atoms with Crippen molar-refractivity contribution in [1.82, 2.24) is 0 Å². The zero-order chi connectivity index (χ0) is 19.1. The summed E-state index contributed by atoms with van der Waals surface area (Å²) in [6.07, 6.45) is 1.34. The van der Waals surface area contributed by atoms with Gasteiger partial charge < -0.3 is 14.6 Å². The molecule has 1 unspecified atom stereocenters. The van der Waals surface area contributed by atoms with E-state index >= 15 is 0 Å². The van der Waals surface area contributed by atoms with Crippen molar-refractivity contribution in [3.8, 4) is 5.75 Å². The molecule has 1 N–H and O–H groups in total. The summed E-state index contributed by atoms with van der Waals surface area (Å²) < 4.78 is 10.2. The summed E-state index contributed by atoms with van der Waals surface area (Å²) in [6, 6.07) is 13.4. The fraction of sp³-hybridized carbons (Fsp3) is 0.318. The molecule has 0 bridgehead atoms. The number of carbonyl (C=O) groups excluding carboxylic acids is 1. The van der Waals surface area contributed by atoms with Crippen LogP contribution in [0.15, 0.2) is 54.6 Å². The Morgan fingerprint density at radius 3 is 2.42 bits per heavy atom. The van der Waals surface area contributed by atoms with Crippen LogP contribution in [0.4, 0.5) is 0 Å². The van der Waals surface area contributed by atoms with Gasteiger partial charge >= 0.3 is 5.97 Å². The SMILES string of the molecule is C=C(C)C(O)Cc1cc(OC)ccc1CCc1ccccc1C(=O)OC. The average Bonchev–Trinajstić information content (AvgIpc) is 2.66. The van der Waals surface area contributed by atoms with Crippen LogP contribution in [0.1, 0.15) is 34.0 Å². The first-order valence-corrected chi connectivity index (χ1v) is 8.61. The van der Waals surface area contributed by atoms with Gasteiger partial charge in [-0.15, -0.1) is 0 Å². The number of hydrogen-bond acceptors (Lipinski definition) is 4. The summed E-state index contributed by atoms with van der Waals surface area (Å²) in [5, 5.41) is 10.2. The second-order valence-corrected chi connectivity index (χ2v) is 6.35. The molecule has 0 aliphatic heterocycles. The van der Waals surface area contributed by atoms with Crippen LogP contribution in [0.2, 0.25) is 0 Å². The van der Waals surface area contributed by atoms with Crippen LogP contribution < -0.4 is 4.74 Å². The number of esters is 1. The number of aliphatic hydroxyl groups is 1. The van der Waals surface area contributed by atoms with Crippen molar-refractivity contribution in [3.05, 3.63) is 76.9 Å². The van der Waals surface area contributed by atoms with Crippen molar-refractivity contribution in [2.75, 3.05) is 14.2 Å². The first-order valence-electron chi connectivity index (χ1n) is 8.61. The molecule has 2 aromatic carbocycles. The number of aliphatic hydroxyl groups excluding tert-OH is 1. The molecule has 0 aliphatic carbocycles. The van der Waals surface area contributed by atoms with Crippen LogP contribution in [0.5, 0.6) is 5.75 Å². The Morgan fingerprint density at radius 2 is 1.77 bits per heavy atom. The van der Waals surface area contributed by atoms with Gasteiger partial charge in [0.05, 0.1) is 25.9 Å². The van der Waals surface area contributed by atoms with Crippen molar-refractivity contribution in [3.63, 3.8) is 0 Å². The number of rotatable bonds is 8. The largest absolute Gasteiger partial charge is 0.497 e. The molecule has 1 atom stereocenters. The van der Waals surface area contributed by atoms with E-state index in [1.54, 1.807) is 13.2 Å². The molecule has 0 aliphatic rings. The second kappa shape index (κ2) is 9.20. The van der Waals surface area contributed by atoms with E-state index in [1.807, 2.05) is 43.3 Å². The molecule has 4 nitrogen and oxygen atoms in total. The van der Waals surface area contributed by atoms with Gasteiger partial charge in [0.1, 0.15) is 5.75 Å². The van der Waals surface area contributed by atoms with Crippen LogP contribution in [-0.4, -0.2) is 31.4 Å². The topological polar surface area (TPSA) is 55.8 Å². The monoisotopic (exact) mass is 354 g/mol. The molecule has 0 heterocycles. The number of hydrogen-bond donors (Lipinski definition) is 1. The molecule has 0 saturated carbocycles. The smallest absolute Gasteiger partial charge is 0.338 e. The summed E-state index contributed by atoms with van der Waals surface area (Å²) in [6.45, 7) is 5.64. The standard InChI is InChI=1S/C22H26O4/c1-15(2)21(23)14-18-13-19(25-3)12-11-16(18)9-10-17-7-5-6-8-20(17)22(24)26-4/h5-8,11-13,21,23H,1,9-10,14H2,2-4H3. The van der Waals surface area contributed by atoms with Crippen LogP contribution >= 0.6 is 0 Å². The van der Waals surface area contributed by atoms with Gasteiger partial charge in [-0.25, -0.2) is 4.79 Å². The van der Waals surface area contributed by atoms with Crippen LogP contribution in [0.25, 0.3) is 0 Å². The lowest BCUT2D eigenvalue weighted by Gasteiger charge is -2.16. The Labute approximate surface area is 155 Å². The third kappa shape index (κ3) is 4.96. The predicted octanol–water partition coefficient (Wildman–Crippen LogP) is 3.75. The normalized spacial score (nSPS) is 11.7. The van der Waals surface area contributed by atoms with E-state index in [1.165, 1.54) is 7.11 Å². The number of carbonyl (C=O) groups is 1. The number of methoxy groups -OCH3 is 2. The van der Waals surface area contributed by atoms with Crippen LogP contribution in [0.3, 0.4) is 0 Å². The summed E-state index contributed by atoms with van der Waals surface area (Å²) in [4.78, 5) is 11.9. The molecular weight excluding hydrogens is 328 g/mol. The molecule has 0 amide bonds. The molecule has 0 saturated heterocycles. The quantitative estimate of drug-likeness (QED) is 0.579. The van der Waals surface area contributed by atoms with Gasteiger partial charge in [0, 0.05) is 6.42 Å². The van der Waals surface area contributed by atoms with E-state index in [0.717, 1.165) is 34.4 Å². The fourth-order valence-corrected chi connectivity index (χ4v) is 2.86. The number of aryl methyl sites for hydroxylation is 2. The minimum atomic E-state index is -0.594. The Kier molecular flexibility index (Phi) is 6.98. The van der Waals surface area contributed by atoms with Crippen molar-refractivity contribution in [1.29, 1.82) is 0 Å². The highest BCUT2D eigenvalue weighted by Crippen LogP contribution is 2.23. The van der Waals surface area contributed by atoms with Gasteiger partial charge in [0.25, 0.3) is 0 Å². The third-order valence-corrected chi connectivity index (χ3v) is 4.48. The van der Waals surface area contributed by atoms with Crippen LogP contribution in [-0.2, 0) is 24.0 Å². The van der Waals surface area contributed by atoms with Gasteiger partial charge in [0.15, 0.2) is 0 Å². The average molecular weight is 354 g/mol. The zero-order valence-electron chi connectivity index (χ0n) is 15.6. The Bertz CT molecular complexity index is 779. The van der Waals surface area contributed by atoms with Crippen molar-refractivity contribution < 1.29 is 19.4 Å². The highest BCUT2D eigenvalue weighted by Gasteiger charge is 2.14. The molecule has 0 fully saturated rings. The lowest BCUT2D eigenvalue weighted by Crippen LogP contribution is -2.13. The van der Waals surface area contributed by atoms with E-state index in [4.69, 9.17) is 9.47 Å². The van der Waals surface area contributed by atoms with Crippen molar-refractivity contribution in [2.24, 2.45) is 0 Å². The first-order chi connectivity index (χ1) is 12.5. The van der Waals surface area contributed by atoms with E-state index in [-0.39, 0.29) is 5.97 Å². The summed E-state index contributed by atoms with van der Waals surface area (Å²) in [5.74, 6) is 0.431. The van der Waals surface area contributed by atoms with Gasteiger partial charge in [-0.1, -0.05) is 36.4 Å². The predicted molar refractivity (Wildman–Crippen MR) is 103 cm³/mol. The maximum Gasteiger partial charge on any atom is 0.338 e. The Morgan fingerprint density at radius 1 is 1.08 bits per heavy atom. The fourth-order valence-electron chi connectivity index (χ4n) is 2.86. The second-order valence-electron chi connectivity index (χ2n) is 6.35. The maximum atomic E-state index is 11.9. The minimum absolute atomic E-state index is 0.326. The number of ether oxygens (including phenoxy) is 2. The van der Waals surface area contributed by atoms with Gasteiger partial charge in [-0.2, -0.15) is 0 Å². The summed E-state index contributed by atoms with van der Waals surface area (Å²) >= 11 is 0. The number of benzene rings is 2. The highest BCUT2D eigenvalue weighted by molar-refractivity contribution is 5.90. The molecular formula is C22H26O4. The third-order valence-electron chi connectivity index (χ3n) is 4.48. The lowest BCUT2D eigenvalue weighted by molar-refractivity contribution is 0.0599. The first kappa shape index (κ1) is 19.7. The van der Waals surface area contributed by atoms with Gasteiger partial charge in [0.2, 0.25) is 0 Å². The van der Waals surface area contributed by atoms with Gasteiger partial charge in [-0.05, 0) is 54.7 Å². The lowest BCUT2D eigenvalue weighted by atomic mass is 9.93. The Hall–Kier alpha value is -2.59. The molecule has 0 radical (unpaired) electrons. The molecule has 4 heteroatoms. The minimum Gasteiger partial charge on any atom is -0.497 e. The summed E-state index contributed by atoms with van der Waals surface area (Å²) in [7, 11) is 3.01.